The van der Waals surface area contributed by atoms with Crippen LogP contribution in [-0.4, -0.2) is 19.3 Å². The molecule has 0 bridgehead atoms. The van der Waals surface area contributed by atoms with E-state index in [2.05, 4.69) is 31.9 Å². The molecule has 0 amide bonds. The van der Waals surface area contributed by atoms with Crippen LogP contribution >= 0.6 is 31.9 Å². The van der Waals surface area contributed by atoms with Gasteiger partial charge in [0.25, 0.3) is 0 Å². The summed E-state index contributed by atoms with van der Waals surface area (Å²) >= 11 is 6.89. The average molecular weight is 416 g/mol. The lowest BCUT2D eigenvalue weighted by molar-refractivity contribution is 0.209. The quantitative estimate of drug-likeness (QED) is 0.791. The summed E-state index contributed by atoms with van der Waals surface area (Å²) in [5.41, 5.74) is 2.43. The number of benzene rings is 2. The number of aliphatic hydroxyl groups is 1. The Labute approximate surface area is 141 Å². The second-order valence-corrected chi connectivity index (χ2v) is 6.40. The van der Waals surface area contributed by atoms with Crippen molar-refractivity contribution >= 4 is 31.9 Å². The zero-order chi connectivity index (χ0) is 15.6. The van der Waals surface area contributed by atoms with Crippen molar-refractivity contribution < 1.29 is 14.6 Å². The van der Waals surface area contributed by atoms with E-state index in [4.69, 9.17) is 9.47 Å². The molecule has 5 heteroatoms. The Morgan fingerprint density at radius 2 is 1.57 bits per heavy atom. The molecular formula is C16H16Br2O3. The molecule has 0 radical (unpaired) electrons. The van der Waals surface area contributed by atoms with Crippen LogP contribution in [0, 0.1) is 6.92 Å². The lowest BCUT2D eigenvalue weighted by Crippen LogP contribution is -2.05. The topological polar surface area (TPSA) is 38.7 Å². The molecular weight excluding hydrogens is 400 g/mol. The number of hydrogen-bond acceptors (Lipinski definition) is 3. The molecule has 2 aromatic rings. The van der Waals surface area contributed by atoms with Crippen LogP contribution in [-0.2, 0) is 0 Å². The van der Waals surface area contributed by atoms with Gasteiger partial charge in [0.15, 0.2) is 0 Å². The van der Waals surface area contributed by atoms with Crippen molar-refractivity contribution in [3.63, 3.8) is 0 Å². The van der Waals surface area contributed by atoms with Crippen molar-refractivity contribution in [3.05, 3.63) is 56.0 Å². The van der Waals surface area contributed by atoms with E-state index < -0.39 is 6.10 Å². The summed E-state index contributed by atoms with van der Waals surface area (Å²) in [4.78, 5) is 0. The number of methoxy groups -OCH3 is 2. The van der Waals surface area contributed by atoms with Gasteiger partial charge in [-0.25, -0.2) is 0 Å². The zero-order valence-electron chi connectivity index (χ0n) is 12.0. The van der Waals surface area contributed by atoms with Gasteiger partial charge in [-0.05, 0) is 36.8 Å². The smallest absolute Gasteiger partial charge is 0.126 e. The standard InChI is InChI=1S/C16H16Br2O3/c1-9-6-14(20-2)12(8-13(9)18)16(19)11-5-4-10(17)7-15(11)21-3/h4-8,16,19H,1-3H3. The maximum atomic E-state index is 10.7. The summed E-state index contributed by atoms with van der Waals surface area (Å²) in [5.74, 6) is 1.27. The van der Waals surface area contributed by atoms with Gasteiger partial charge >= 0.3 is 0 Å². The molecule has 0 aliphatic carbocycles. The fraction of sp³-hybridized carbons (Fsp3) is 0.250. The van der Waals surface area contributed by atoms with Gasteiger partial charge in [-0.1, -0.05) is 37.9 Å². The summed E-state index contributed by atoms with van der Waals surface area (Å²) in [7, 11) is 3.18. The molecule has 112 valence electrons. The Morgan fingerprint density at radius 1 is 0.952 bits per heavy atom. The van der Waals surface area contributed by atoms with Gasteiger partial charge in [-0.3, -0.25) is 0 Å². The van der Waals surface area contributed by atoms with E-state index in [-0.39, 0.29) is 0 Å². The first-order chi connectivity index (χ1) is 9.97. The molecule has 0 fully saturated rings. The maximum Gasteiger partial charge on any atom is 0.126 e. The van der Waals surface area contributed by atoms with Crippen molar-refractivity contribution in [2.75, 3.05) is 14.2 Å². The van der Waals surface area contributed by atoms with E-state index in [1.807, 2.05) is 37.3 Å². The Balaban J connectivity index is 2.54. The van der Waals surface area contributed by atoms with Crippen LogP contribution < -0.4 is 9.47 Å². The number of rotatable bonds is 4. The van der Waals surface area contributed by atoms with E-state index in [0.29, 0.717) is 22.6 Å². The van der Waals surface area contributed by atoms with Crippen LogP contribution in [0.25, 0.3) is 0 Å². The van der Waals surface area contributed by atoms with E-state index in [9.17, 15) is 5.11 Å². The number of halogens is 2. The first kappa shape index (κ1) is 16.3. The van der Waals surface area contributed by atoms with Crippen molar-refractivity contribution in [3.8, 4) is 11.5 Å². The Bertz CT molecular complexity index is 656. The van der Waals surface area contributed by atoms with Crippen LogP contribution in [0.15, 0.2) is 39.3 Å². The third kappa shape index (κ3) is 3.42. The van der Waals surface area contributed by atoms with Gasteiger partial charge in [-0.2, -0.15) is 0 Å². The molecule has 2 aromatic carbocycles. The lowest BCUT2D eigenvalue weighted by atomic mass is 9.98. The minimum absolute atomic E-state index is 0.621. The summed E-state index contributed by atoms with van der Waals surface area (Å²) in [6, 6.07) is 9.31. The van der Waals surface area contributed by atoms with Gasteiger partial charge in [0.2, 0.25) is 0 Å². The monoisotopic (exact) mass is 414 g/mol. The van der Waals surface area contributed by atoms with E-state index in [1.54, 1.807) is 14.2 Å². The fourth-order valence-corrected chi connectivity index (χ4v) is 2.84. The number of aliphatic hydroxyl groups excluding tert-OH is 1. The Kier molecular flexibility index (Phi) is 5.30. The minimum Gasteiger partial charge on any atom is -0.496 e. The molecule has 0 spiro atoms. The molecule has 21 heavy (non-hydrogen) atoms. The Morgan fingerprint density at radius 3 is 2.19 bits per heavy atom. The largest absolute Gasteiger partial charge is 0.496 e. The fourth-order valence-electron chi connectivity index (χ4n) is 2.14. The van der Waals surface area contributed by atoms with Crippen molar-refractivity contribution in [2.24, 2.45) is 0 Å². The van der Waals surface area contributed by atoms with Gasteiger partial charge in [0.1, 0.15) is 17.6 Å². The summed E-state index contributed by atoms with van der Waals surface area (Å²) in [6.45, 7) is 1.98. The minimum atomic E-state index is -0.833. The Hall–Kier alpha value is -1.04. The molecule has 0 saturated carbocycles. The van der Waals surface area contributed by atoms with Crippen LogP contribution in [0.1, 0.15) is 22.8 Å². The summed E-state index contributed by atoms with van der Waals surface area (Å²) < 4.78 is 12.6. The van der Waals surface area contributed by atoms with Crippen LogP contribution in [0.5, 0.6) is 11.5 Å². The van der Waals surface area contributed by atoms with Crippen molar-refractivity contribution in [1.82, 2.24) is 0 Å². The highest BCUT2D eigenvalue weighted by atomic mass is 79.9. The molecule has 2 rings (SSSR count). The molecule has 0 heterocycles. The van der Waals surface area contributed by atoms with Gasteiger partial charge in [0, 0.05) is 20.1 Å². The lowest BCUT2D eigenvalue weighted by Gasteiger charge is -2.19. The highest BCUT2D eigenvalue weighted by Gasteiger charge is 2.20. The van der Waals surface area contributed by atoms with E-state index in [1.165, 1.54) is 0 Å². The number of ether oxygens (including phenoxy) is 2. The SMILES string of the molecule is COc1cc(Br)ccc1C(O)c1cc(Br)c(C)cc1OC. The second-order valence-electron chi connectivity index (χ2n) is 4.63. The number of hydrogen-bond donors (Lipinski definition) is 1. The van der Waals surface area contributed by atoms with Crippen molar-refractivity contribution in [2.45, 2.75) is 13.0 Å². The second kappa shape index (κ2) is 6.81. The molecule has 1 N–H and O–H groups in total. The van der Waals surface area contributed by atoms with E-state index >= 15 is 0 Å². The van der Waals surface area contributed by atoms with Gasteiger partial charge < -0.3 is 14.6 Å². The van der Waals surface area contributed by atoms with Crippen LogP contribution in [0.2, 0.25) is 0 Å². The predicted molar refractivity (Wildman–Crippen MR) is 90.2 cm³/mol. The summed E-state index contributed by atoms with van der Waals surface area (Å²) in [6.07, 6.45) is -0.833. The van der Waals surface area contributed by atoms with E-state index in [0.717, 1.165) is 14.5 Å². The highest BCUT2D eigenvalue weighted by molar-refractivity contribution is 9.10. The molecule has 3 nitrogen and oxygen atoms in total. The molecule has 0 aromatic heterocycles. The normalized spacial score (nSPS) is 12.1. The highest BCUT2D eigenvalue weighted by Crippen LogP contribution is 2.38. The number of aryl methyl sites for hydroxylation is 1. The first-order valence-electron chi connectivity index (χ1n) is 6.33. The van der Waals surface area contributed by atoms with Gasteiger partial charge in [0.05, 0.1) is 14.2 Å². The zero-order valence-corrected chi connectivity index (χ0v) is 15.2. The third-order valence-corrected chi connectivity index (χ3v) is 4.64. The predicted octanol–water partition coefficient (Wildman–Crippen LogP) is 4.62. The maximum absolute atomic E-state index is 10.7. The molecule has 1 atom stereocenters. The molecule has 1 unspecified atom stereocenters. The van der Waals surface area contributed by atoms with Gasteiger partial charge in [-0.15, -0.1) is 0 Å². The van der Waals surface area contributed by atoms with Crippen molar-refractivity contribution in [1.29, 1.82) is 0 Å². The average Bonchev–Trinajstić information content (AvgIpc) is 2.48. The van der Waals surface area contributed by atoms with Crippen LogP contribution in [0.4, 0.5) is 0 Å². The molecule has 0 aliphatic heterocycles. The van der Waals surface area contributed by atoms with Crippen LogP contribution in [0.3, 0.4) is 0 Å². The first-order valence-corrected chi connectivity index (χ1v) is 7.92. The third-order valence-electron chi connectivity index (χ3n) is 3.30. The molecule has 0 saturated heterocycles. The molecule has 0 aliphatic rings. The summed E-state index contributed by atoms with van der Waals surface area (Å²) in [5, 5.41) is 10.7.